The highest BCUT2D eigenvalue weighted by Crippen LogP contribution is 2.40. The highest BCUT2D eigenvalue weighted by molar-refractivity contribution is 5.99. The van der Waals surface area contributed by atoms with Gasteiger partial charge < -0.3 is 14.4 Å². The molecule has 3 heterocycles. The van der Waals surface area contributed by atoms with Crippen LogP contribution in [-0.2, 0) is 6.54 Å². The molecule has 0 saturated heterocycles. The van der Waals surface area contributed by atoms with Gasteiger partial charge in [-0.2, -0.15) is 8.78 Å². The van der Waals surface area contributed by atoms with Crippen LogP contribution in [0.15, 0.2) is 71.4 Å². The van der Waals surface area contributed by atoms with Crippen LogP contribution in [0.3, 0.4) is 0 Å². The minimum Gasteiger partial charge on any atom is -0.415 e. The fraction of sp³-hybridized carbons (Fsp3) is 0.167. The Balaban J connectivity index is 1.51. The number of carbonyl (C=O) groups is 1. The van der Waals surface area contributed by atoms with Crippen molar-refractivity contribution in [2.45, 2.75) is 25.1 Å². The first-order valence-corrected chi connectivity index (χ1v) is 10.3. The maximum Gasteiger partial charge on any atom is 0.314 e. The molecule has 5 rings (SSSR count). The van der Waals surface area contributed by atoms with Crippen molar-refractivity contribution in [1.82, 2.24) is 20.1 Å². The summed E-state index contributed by atoms with van der Waals surface area (Å²) in [7, 11) is 0. The van der Waals surface area contributed by atoms with Gasteiger partial charge in [0.2, 0.25) is 5.89 Å². The number of aliphatic hydroxyl groups excluding tert-OH is 1. The fourth-order valence-electron chi connectivity index (χ4n) is 4.05. The van der Waals surface area contributed by atoms with Crippen LogP contribution in [-0.4, -0.2) is 31.1 Å². The molecule has 2 aromatic carbocycles. The number of nitrogens with zero attached hydrogens (tertiary/aromatic N) is 4. The van der Waals surface area contributed by atoms with Gasteiger partial charge in [0.1, 0.15) is 11.9 Å². The number of hydrogen-bond acceptors (Lipinski definition) is 6. The van der Waals surface area contributed by atoms with Crippen molar-refractivity contribution in [2.24, 2.45) is 0 Å². The van der Waals surface area contributed by atoms with Crippen LogP contribution in [0.4, 0.5) is 13.2 Å². The zero-order valence-corrected chi connectivity index (χ0v) is 17.5. The van der Waals surface area contributed by atoms with Gasteiger partial charge in [-0.25, -0.2) is 4.39 Å². The summed E-state index contributed by atoms with van der Waals surface area (Å²) in [6.07, 6.45) is -0.971. The minimum absolute atomic E-state index is 0.130. The SMILES string of the molecule is O=C1c2cc(-c3nnc(C(F)F)o3)ccc2CN1[C@H](c1ccc(F)cc1)[C@@H](O)c1cccnc1. The number of carbonyl (C=O) groups excluding carboxylic acids is 1. The number of alkyl halides is 2. The predicted octanol–water partition coefficient (Wildman–Crippen LogP) is 4.64. The van der Waals surface area contributed by atoms with Crippen molar-refractivity contribution in [2.75, 3.05) is 0 Å². The summed E-state index contributed by atoms with van der Waals surface area (Å²) in [6, 6.07) is 12.9. The molecule has 1 aliphatic rings. The topological polar surface area (TPSA) is 92.4 Å². The molecule has 1 aliphatic heterocycles. The Hall–Kier alpha value is -4.05. The summed E-state index contributed by atoms with van der Waals surface area (Å²) in [4.78, 5) is 19.0. The average molecular weight is 466 g/mol. The smallest absolute Gasteiger partial charge is 0.314 e. The molecule has 0 radical (unpaired) electrons. The standard InChI is InChI=1S/C24H17F3N4O3/c25-17-7-5-13(6-8-17)19(20(32)15-2-1-9-28-11-15)31-12-16-4-3-14(10-18(16)24(31)33)22-29-30-23(34-22)21(26)27/h1-11,19-21,32H,12H2/t19-,20+/m1/s1. The van der Waals surface area contributed by atoms with Crippen LogP contribution in [0.2, 0.25) is 0 Å². The number of benzene rings is 2. The van der Waals surface area contributed by atoms with Gasteiger partial charge in [-0.1, -0.05) is 24.3 Å². The van der Waals surface area contributed by atoms with Gasteiger partial charge in [-0.05, 0) is 41.5 Å². The molecule has 172 valence electrons. The molecule has 2 aromatic heterocycles. The molecule has 0 saturated carbocycles. The van der Waals surface area contributed by atoms with E-state index in [-0.39, 0.29) is 18.3 Å². The number of pyridine rings is 1. The first-order chi connectivity index (χ1) is 16.4. The molecule has 0 aliphatic carbocycles. The van der Waals surface area contributed by atoms with E-state index in [0.717, 1.165) is 0 Å². The molecule has 7 nitrogen and oxygen atoms in total. The van der Waals surface area contributed by atoms with Crippen LogP contribution in [0.5, 0.6) is 0 Å². The van der Waals surface area contributed by atoms with Crippen LogP contribution in [0, 0.1) is 5.82 Å². The van der Waals surface area contributed by atoms with Crippen molar-refractivity contribution in [3.8, 4) is 11.5 Å². The number of fused-ring (bicyclic) bond motifs is 1. The molecule has 0 fully saturated rings. The molecule has 2 atom stereocenters. The van der Waals surface area contributed by atoms with Crippen LogP contribution >= 0.6 is 0 Å². The van der Waals surface area contributed by atoms with E-state index in [1.165, 1.54) is 41.4 Å². The zero-order chi connectivity index (χ0) is 23.8. The second-order valence-electron chi connectivity index (χ2n) is 7.78. The second-order valence-corrected chi connectivity index (χ2v) is 7.78. The summed E-state index contributed by atoms with van der Waals surface area (Å²) in [5.74, 6) is -1.77. The van der Waals surface area contributed by atoms with Gasteiger partial charge in [0.15, 0.2) is 0 Å². The molecule has 0 unspecified atom stereocenters. The van der Waals surface area contributed by atoms with Crippen molar-refractivity contribution < 1.29 is 27.5 Å². The maximum absolute atomic E-state index is 13.6. The van der Waals surface area contributed by atoms with Gasteiger partial charge in [-0.15, -0.1) is 10.2 Å². The lowest BCUT2D eigenvalue weighted by molar-refractivity contribution is 0.0359. The first-order valence-electron chi connectivity index (χ1n) is 10.3. The van der Waals surface area contributed by atoms with E-state index in [4.69, 9.17) is 4.42 Å². The van der Waals surface area contributed by atoms with Gasteiger partial charge in [0, 0.05) is 35.6 Å². The Morgan fingerprint density at radius 3 is 2.50 bits per heavy atom. The van der Waals surface area contributed by atoms with Crippen molar-refractivity contribution >= 4 is 5.91 Å². The summed E-state index contributed by atoms with van der Waals surface area (Å²) in [5, 5.41) is 18.2. The number of hydrogen-bond donors (Lipinski definition) is 1. The van der Waals surface area contributed by atoms with E-state index in [2.05, 4.69) is 15.2 Å². The largest absolute Gasteiger partial charge is 0.415 e. The number of aliphatic hydroxyl groups is 1. The molecule has 4 aromatic rings. The average Bonchev–Trinajstić information content (AvgIpc) is 3.47. The van der Waals surface area contributed by atoms with Crippen molar-refractivity contribution in [1.29, 1.82) is 0 Å². The quantitative estimate of drug-likeness (QED) is 0.445. The maximum atomic E-state index is 13.6. The highest BCUT2D eigenvalue weighted by Gasteiger charge is 2.38. The van der Waals surface area contributed by atoms with E-state index in [1.54, 1.807) is 30.5 Å². The second kappa shape index (κ2) is 8.71. The normalized spacial score (nSPS) is 15.0. The van der Waals surface area contributed by atoms with Crippen molar-refractivity contribution in [3.05, 3.63) is 101 Å². The van der Waals surface area contributed by atoms with Gasteiger partial charge in [0.25, 0.3) is 11.8 Å². The first kappa shape index (κ1) is 21.8. The van der Waals surface area contributed by atoms with E-state index >= 15 is 0 Å². The van der Waals surface area contributed by atoms with E-state index in [9.17, 15) is 23.1 Å². The van der Waals surface area contributed by atoms with Crippen LogP contribution in [0.1, 0.15) is 51.5 Å². The Bertz CT molecular complexity index is 1330. The van der Waals surface area contributed by atoms with Crippen molar-refractivity contribution in [3.63, 3.8) is 0 Å². The Kier molecular flexibility index (Phi) is 5.58. The third-order valence-electron chi connectivity index (χ3n) is 5.69. The molecular weight excluding hydrogens is 449 g/mol. The molecular formula is C24H17F3N4O3. The molecule has 0 spiro atoms. The van der Waals surface area contributed by atoms with E-state index in [0.29, 0.717) is 27.8 Å². The van der Waals surface area contributed by atoms with Gasteiger partial charge >= 0.3 is 6.43 Å². The van der Waals surface area contributed by atoms with E-state index in [1.807, 2.05) is 0 Å². The van der Waals surface area contributed by atoms with Crippen LogP contribution in [0.25, 0.3) is 11.5 Å². The van der Waals surface area contributed by atoms with Crippen LogP contribution < -0.4 is 0 Å². The lowest BCUT2D eigenvalue weighted by atomic mass is 9.95. The lowest BCUT2D eigenvalue weighted by Gasteiger charge is -2.32. The number of aromatic nitrogens is 3. The lowest BCUT2D eigenvalue weighted by Crippen LogP contribution is -2.33. The van der Waals surface area contributed by atoms with E-state index < -0.39 is 30.3 Å². The number of amides is 1. The number of rotatable bonds is 6. The summed E-state index contributed by atoms with van der Waals surface area (Å²) >= 11 is 0. The molecule has 1 N–H and O–H groups in total. The van der Waals surface area contributed by atoms with Gasteiger partial charge in [0.05, 0.1) is 6.04 Å². The number of halogens is 3. The monoisotopic (exact) mass is 466 g/mol. The third kappa shape index (κ3) is 3.92. The Morgan fingerprint density at radius 1 is 1.03 bits per heavy atom. The summed E-state index contributed by atoms with van der Waals surface area (Å²) in [6.45, 7) is 0.180. The highest BCUT2D eigenvalue weighted by atomic mass is 19.3. The van der Waals surface area contributed by atoms with Gasteiger partial charge in [-0.3, -0.25) is 9.78 Å². The molecule has 10 heteroatoms. The summed E-state index contributed by atoms with van der Waals surface area (Å²) < 4.78 is 44.2. The Labute approximate surface area is 191 Å². The molecule has 1 amide bonds. The predicted molar refractivity (Wildman–Crippen MR) is 113 cm³/mol. The minimum atomic E-state index is -2.90. The summed E-state index contributed by atoms with van der Waals surface area (Å²) in [5.41, 5.74) is 2.34. The molecule has 34 heavy (non-hydrogen) atoms. The third-order valence-corrected chi connectivity index (χ3v) is 5.69. The fourth-order valence-corrected chi connectivity index (χ4v) is 4.05. The molecule has 0 bridgehead atoms. The Morgan fingerprint density at radius 2 is 1.82 bits per heavy atom. The zero-order valence-electron chi connectivity index (χ0n) is 17.5.